The molecule has 1 saturated carbocycles. The molecule has 7 heteroatoms. The van der Waals surface area contributed by atoms with Crippen LogP contribution in [0.25, 0.3) is 0 Å². The Kier molecular flexibility index (Phi) is 5.04. The highest BCUT2D eigenvalue weighted by Gasteiger charge is 2.38. The average Bonchev–Trinajstić information content (AvgIpc) is 2.71. The first-order valence-corrected chi connectivity index (χ1v) is 9.20. The average molecular weight is 304 g/mol. The van der Waals surface area contributed by atoms with Crippen molar-refractivity contribution in [3.05, 3.63) is 0 Å². The van der Waals surface area contributed by atoms with E-state index in [4.69, 9.17) is 5.11 Å². The first-order valence-electron chi connectivity index (χ1n) is 7.25. The van der Waals surface area contributed by atoms with Gasteiger partial charge in [0, 0.05) is 31.9 Å². The fraction of sp³-hybridized carbons (Fsp3) is 0.923. The van der Waals surface area contributed by atoms with Gasteiger partial charge in [-0.1, -0.05) is 6.42 Å². The zero-order chi connectivity index (χ0) is 14.8. The van der Waals surface area contributed by atoms with Crippen LogP contribution in [-0.2, 0) is 14.6 Å². The molecule has 1 heterocycles. The molecule has 0 amide bonds. The summed E-state index contributed by atoms with van der Waals surface area (Å²) in [5.41, 5.74) is 0. The summed E-state index contributed by atoms with van der Waals surface area (Å²) in [6.45, 7) is 3.20. The van der Waals surface area contributed by atoms with Gasteiger partial charge in [0.15, 0.2) is 9.84 Å². The minimum absolute atomic E-state index is 0.0774. The quantitative estimate of drug-likeness (QED) is 0.790. The molecule has 1 aliphatic carbocycles. The highest BCUT2D eigenvalue weighted by Crippen LogP contribution is 2.29. The number of carbonyl (C=O) groups is 1. The summed E-state index contributed by atoms with van der Waals surface area (Å²) in [6, 6.07) is 0.120. The van der Waals surface area contributed by atoms with E-state index in [0.717, 1.165) is 45.3 Å². The molecule has 0 bridgehead atoms. The Balaban J connectivity index is 1.98. The number of carboxylic acid groups (broad SMARTS) is 1. The topological polar surface area (TPSA) is 77.9 Å². The van der Waals surface area contributed by atoms with E-state index in [1.807, 2.05) is 4.90 Å². The zero-order valence-corrected chi connectivity index (χ0v) is 12.8. The van der Waals surface area contributed by atoms with Crippen molar-refractivity contribution in [1.29, 1.82) is 0 Å². The number of nitrogens with zero attached hydrogens (tertiary/aromatic N) is 2. The first-order chi connectivity index (χ1) is 9.38. The Hall–Kier alpha value is -0.660. The Labute approximate surface area is 120 Å². The molecule has 0 aromatic carbocycles. The van der Waals surface area contributed by atoms with Crippen LogP contribution in [0.15, 0.2) is 0 Å². The van der Waals surface area contributed by atoms with Crippen molar-refractivity contribution in [3.63, 3.8) is 0 Å². The van der Waals surface area contributed by atoms with E-state index in [1.165, 1.54) is 6.26 Å². The normalized spacial score (nSPS) is 30.2. The fourth-order valence-electron chi connectivity index (χ4n) is 3.50. The van der Waals surface area contributed by atoms with E-state index in [2.05, 4.69) is 4.90 Å². The number of hydrogen-bond acceptors (Lipinski definition) is 5. The number of sulfone groups is 1. The summed E-state index contributed by atoms with van der Waals surface area (Å²) in [5, 5.41) is 8.61. The Morgan fingerprint density at radius 1 is 1.15 bits per heavy atom. The second-order valence-electron chi connectivity index (χ2n) is 5.93. The molecule has 2 unspecified atom stereocenters. The van der Waals surface area contributed by atoms with Crippen molar-refractivity contribution in [3.8, 4) is 0 Å². The molecule has 0 aromatic rings. The molecule has 1 N–H and O–H groups in total. The molecule has 2 atom stereocenters. The van der Waals surface area contributed by atoms with E-state index in [9.17, 15) is 13.2 Å². The molecule has 2 fully saturated rings. The van der Waals surface area contributed by atoms with Crippen LogP contribution in [0.2, 0.25) is 0 Å². The predicted molar refractivity (Wildman–Crippen MR) is 76.5 cm³/mol. The van der Waals surface area contributed by atoms with Crippen LogP contribution >= 0.6 is 0 Å². The number of rotatable bonds is 4. The lowest BCUT2D eigenvalue weighted by molar-refractivity contribution is -0.138. The zero-order valence-electron chi connectivity index (χ0n) is 12.0. The minimum Gasteiger partial charge on any atom is -0.480 e. The van der Waals surface area contributed by atoms with Crippen molar-refractivity contribution in [1.82, 2.24) is 9.80 Å². The van der Waals surface area contributed by atoms with Crippen molar-refractivity contribution >= 4 is 15.8 Å². The van der Waals surface area contributed by atoms with E-state index < -0.39 is 15.8 Å². The fourth-order valence-corrected chi connectivity index (χ4v) is 4.97. The van der Waals surface area contributed by atoms with Gasteiger partial charge in [0.2, 0.25) is 0 Å². The second kappa shape index (κ2) is 6.41. The van der Waals surface area contributed by atoms with Crippen LogP contribution in [0, 0.1) is 0 Å². The van der Waals surface area contributed by atoms with Crippen molar-refractivity contribution in [2.75, 3.05) is 39.0 Å². The Morgan fingerprint density at radius 3 is 2.55 bits per heavy atom. The molecule has 20 heavy (non-hydrogen) atoms. The van der Waals surface area contributed by atoms with Gasteiger partial charge in [0.1, 0.15) is 0 Å². The second-order valence-corrected chi connectivity index (χ2v) is 8.19. The summed E-state index contributed by atoms with van der Waals surface area (Å²) in [4.78, 5) is 15.0. The number of aliphatic carboxylic acids is 1. The molecule has 6 nitrogen and oxygen atoms in total. The third-order valence-electron chi connectivity index (χ3n) is 4.42. The lowest BCUT2D eigenvalue weighted by atomic mass is 10.2. The molecule has 1 saturated heterocycles. The summed E-state index contributed by atoms with van der Waals surface area (Å²) in [6.07, 6.45) is 4.91. The molecule has 2 aliphatic rings. The van der Waals surface area contributed by atoms with Crippen LogP contribution in [0.4, 0.5) is 0 Å². The Morgan fingerprint density at radius 2 is 1.90 bits per heavy atom. The van der Waals surface area contributed by atoms with Gasteiger partial charge in [0.05, 0.1) is 11.8 Å². The highest BCUT2D eigenvalue weighted by atomic mass is 32.2. The van der Waals surface area contributed by atoms with Crippen LogP contribution in [0.1, 0.15) is 25.7 Å². The van der Waals surface area contributed by atoms with E-state index >= 15 is 0 Å². The van der Waals surface area contributed by atoms with Crippen molar-refractivity contribution in [2.45, 2.75) is 37.0 Å². The molecule has 0 aromatic heterocycles. The third-order valence-corrected chi connectivity index (χ3v) is 6.07. The summed E-state index contributed by atoms with van der Waals surface area (Å²) >= 11 is 0. The van der Waals surface area contributed by atoms with Gasteiger partial charge in [-0.2, -0.15) is 0 Å². The molecule has 0 radical (unpaired) electrons. The summed E-state index contributed by atoms with van der Waals surface area (Å²) < 4.78 is 23.7. The number of hydrogen-bond donors (Lipinski definition) is 1. The van der Waals surface area contributed by atoms with Gasteiger partial charge in [0.25, 0.3) is 0 Å². The minimum atomic E-state index is -2.99. The molecule has 116 valence electrons. The van der Waals surface area contributed by atoms with E-state index in [1.54, 1.807) is 0 Å². The molecule has 2 rings (SSSR count). The predicted octanol–water partition coefficient (Wildman–Crippen LogP) is 0.0444. The van der Waals surface area contributed by atoms with Gasteiger partial charge in [-0.05, 0) is 25.8 Å². The lowest BCUT2D eigenvalue weighted by Gasteiger charge is -2.31. The summed E-state index contributed by atoms with van der Waals surface area (Å²) in [7, 11) is -2.99. The molecular formula is C13H24N2O4S. The van der Waals surface area contributed by atoms with Crippen LogP contribution in [-0.4, -0.2) is 79.6 Å². The van der Waals surface area contributed by atoms with E-state index in [-0.39, 0.29) is 17.8 Å². The van der Waals surface area contributed by atoms with Gasteiger partial charge in [-0.3, -0.25) is 14.6 Å². The maximum Gasteiger partial charge on any atom is 0.317 e. The number of carboxylic acids is 1. The molecule has 1 aliphatic heterocycles. The third kappa shape index (κ3) is 3.93. The molecular weight excluding hydrogens is 280 g/mol. The monoisotopic (exact) mass is 304 g/mol. The maximum absolute atomic E-state index is 11.9. The van der Waals surface area contributed by atoms with Crippen LogP contribution < -0.4 is 0 Å². The van der Waals surface area contributed by atoms with Gasteiger partial charge in [-0.25, -0.2) is 8.42 Å². The largest absolute Gasteiger partial charge is 0.480 e. The van der Waals surface area contributed by atoms with Gasteiger partial charge >= 0.3 is 5.97 Å². The Bertz CT molecular complexity index is 451. The smallest absolute Gasteiger partial charge is 0.317 e. The first kappa shape index (κ1) is 15.7. The highest BCUT2D eigenvalue weighted by molar-refractivity contribution is 7.91. The van der Waals surface area contributed by atoms with Crippen molar-refractivity contribution in [2.24, 2.45) is 0 Å². The summed E-state index contributed by atoms with van der Waals surface area (Å²) in [5.74, 6) is -0.798. The van der Waals surface area contributed by atoms with Crippen molar-refractivity contribution < 1.29 is 18.3 Å². The van der Waals surface area contributed by atoms with Gasteiger partial charge < -0.3 is 5.11 Å². The SMILES string of the molecule is CS(=O)(=O)C1CCCC1N1CCCN(CC(=O)O)CC1. The van der Waals surface area contributed by atoms with Gasteiger partial charge in [-0.15, -0.1) is 0 Å². The lowest BCUT2D eigenvalue weighted by Crippen LogP contribution is -2.45. The van der Waals surface area contributed by atoms with Crippen LogP contribution in [0.3, 0.4) is 0 Å². The van der Waals surface area contributed by atoms with Crippen LogP contribution in [0.5, 0.6) is 0 Å². The molecule has 0 spiro atoms. The van der Waals surface area contributed by atoms with E-state index in [0.29, 0.717) is 6.54 Å². The standard InChI is InChI=1S/C13H24N2O4S/c1-20(18,19)12-5-2-4-11(12)15-7-3-6-14(8-9-15)10-13(16)17/h11-12H,2-10H2,1H3,(H,16,17). The maximum atomic E-state index is 11.9.